The lowest BCUT2D eigenvalue weighted by molar-refractivity contribution is -0.147. The number of carbonyl (C=O) groups is 4. The SMILES string of the molecule is CCC(NC(=O)NC1CCC(=O)N(C)C1=O)C(=O)O. The number of carboxylic acid groups (broad SMARTS) is 1. The number of nitrogens with zero attached hydrogens (tertiary/aromatic N) is 1. The molecule has 0 aromatic heterocycles. The molecule has 1 aliphatic rings. The van der Waals surface area contributed by atoms with Crippen molar-refractivity contribution in [2.75, 3.05) is 7.05 Å². The first-order chi connectivity index (χ1) is 8.86. The van der Waals surface area contributed by atoms with Crippen LogP contribution in [0.5, 0.6) is 0 Å². The zero-order chi connectivity index (χ0) is 14.6. The first kappa shape index (κ1) is 14.9. The molecule has 4 amide bonds. The zero-order valence-electron chi connectivity index (χ0n) is 10.8. The lowest BCUT2D eigenvalue weighted by Gasteiger charge is -2.28. The summed E-state index contributed by atoms with van der Waals surface area (Å²) in [4.78, 5) is 46.2. The number of likely N-dealkylation sites (N-methyl/N-ethyl adjacent to an activating group) is 1. The fourth-order valence-electron chi connectivity index (χ4n) is 1.75. The van der Waals surface area contributed by atoms with Crippen LogP contribution in [0.2, 0.25) is 0 Å². The average molecular weight is 271 g/mol. The Morgan fingerprint density at radius 2 is 2.11 bits per heavy atom. The summed E-state index contributed by atoms with van der Waals surface area (Å²) in [6, 6.07) is -2.53. The fraction of sp³-hybridized carbons (Fsp3) is 0.636. The maximum atomic E-state index is 11.7. The van der Waals surface area contributed by atoms with Crippen LogP contribution in [0.3, 0.4) is 0 Å². The van der Waals surface area contributed by atoms with Crippen LogP contribution < -0.4 is 10.6 Å². The number of nitrogens with one attached hydrogen (secondary N) is 2. The van der Waals surface area contributed by atoms with Crippen LogP contribution in [-0.2, 0) is 14.4 Å². The number of amides is 4. The number of imide groups is 1. The molecule has 19 heavy (non-hydrogen) atoms. The van der Waals surface area contributed by atoms with Crippen molar-refractivity contribution >= 4 is 23.8 Å². The maximum absolute atomic E-state index is 11.7. The van der Waals surface area contributed by atoms with Crippen molar-refractivity contribution in [1.82, 2.24) is 15.5 Å². The van der Waals surface area contributed by atoms with E-state index in [0.29, 0.717) is 0 Å². The largest absolute Gasteiger partial charge is 0.480 e. The summed E-state index contributed by atoms with van der Waals surface area (Å²) in [6.07, 6.45) is 0.627. The summed E-state index contributed by atoms with van der Waals surface area (Å²) in [6.45, 7) is 1.62. The van der Waals surface area contributed by atoms with Crippen LogP contribution in [0.4, 0.5) is 4.79 Å². The normalized spacial score (nSPS) is 20.9. The smallest absolute Gasteiger partial charge is 0.326 e. The van der Waals surface area contributed by atoms with Gasteiger partial charge in [0.05, 0.1) is 0 Å². The Morgan fingerprint density at radius 1 is 1.47 bits per heavy atom. The molecule has 2 atom stereocenters. The van der Waals surface area contributed by atoms with E-state index >= 15 is 0 Å². The van der Waals surface area contributed by atoms with Gasteiger partial charge in [-0.15, -0.1) is 0 Å². The van der Waals surface area contributed by atoms with Gasteiger partial charge in [-0.3, -0.25) is 14.5 Å². The lowest BCUT2D eigenvalue weighted by atomic mass is 10.1. The molecule has 0 aromatic carbocycles. The first-order valence-electron chi connectivity index (χ1n) is 5.97. The molecular formula is C11H17N3O5. The zero-order valence-corrected chi connectivity index (χ0v) is 10.8. The third-order valence-corrected chi connectivity index (χ3v) is 2.97. The number of carboxylic acids is 1. The summed E-state index contributed by atoms with van der Waals surface area (Å²) in [5.74, 6) is -1.92. The van der Waals surface area contributed by atoms with Crippen LogP contribution in [0.15, 0.2) is 0 Å². The van der Waals surface area contributed by atoms with E-state index in [9.17, 15) is 19.2 Å². The molecule has 1 rings (SSSR count). The molecular weight excluding hydrogens is 254 g/mol. The predicted octanol–water partition coefficient (Wildman–Crippen LogP) is -0.704. The number of rotatable bonds is 4. The van der Waals surface area contributed by atoms with Crippen LogP contribution >= 0.6 is 0 Å². The first-order valence-corrected chi connectivity index (χ1v) is 5.97. The molecule has 1 saturated heterocycles. The third kappa shape index (κ3) is 3.67. The average Bonchev–Trinajstić information content (AvgIpc) is 2.36. The molecule has 106 valence electrons. The standard InChI is InChI=1S/C11H17N3O5/c1-3-6(10(17)18)12-11(19)13-7-4-5-8(15)14(2)9(7)16/h6-7H,3-5H2,1-2H3,(H,17,18)(H2,12,13,19). The molecule has 2 unspecified atom stereocenters. The number of hydrogen-bond acceptors (Lipinski definition) is 4. The van der Waals surface area contributed by atoms with Crippen molar-refractivity contribution in [3.8, 4) is 0 Å². The van der Waals surface area contributed by atoms with Crippen molar-refractivity contribution in [2.24, 2.45) is 0 Å². The van der Waals surface area contributed by atoms with Gasteiger partial charge < -0.3 is 15.7 Å². The molecule has 3 N–H and O–H groups in total. The van der Waals surface area contributed by atoms with Crippen LogP contribution in [0.25, 0.3) is 0 Å². The van der Waals surface area contributed by atoms with Crippen LogP contribution in [0, 0.1) is 0 Å². The number of urea groups is 1. The van der Waals surface area contributed by atoms with E-state index in [4.69, 9.17) is 5.11 Å². The van der Waals surface area contributed by atoms with E-state index in [0.717, 1.165) is 4.90 Å². The number of hydrogen-bond donors (Lipinski definition) is 3. The quantitative estimate of drug-likeness (QED) is 0.584. The highest BCUT2D eigenvalue weighted by molar-refractivity contribution is 6.01. The fourth-order valence-corrected chi connectivity index (χ4v) is 1.75. The van der Waals surface area contributed by atoms with Gasteiger partial charge in [0, 0.05) is 13.5 Å². The van der Waals surface area contributed by atoms with E-state index in [1.807, 2.05) is 0 Å². The molecule has 8 heteroatoms. The number of piperidine rings is 1. The molecule has 0 saturated carbocycles. The highest BCUT2D eigenvalue weighted by atomic mass is 16.4. The summed E-state index contributed by atoms with van der Waals surface area (Å²) in [5.41, 5.74) is 0. The van der Waals surface area contributed by atoms with Crippen molar-refractivity contribution in [1.29, 1.82) is 0 Å². The summed E-state index contributed by atoms with van der Waals surface area (Å²) < 4.78 is 0. The van der Waals surface area contributed by atoms with Crippen LogP contribution in [-0.4, -0.2) is 53.0 Å². The Labute approximate surface area is 110 Å². The van der Waals surface area contributed by atoms with Gasteiger partial charge in [0.2, 0.25) is 5.91 Å². The highest BCUT2D eigenvalue weighted by Crippen LogP contribution is 2.11. The third-order valence-electron chi connectivity index (χ3n) is 2.97. The van der Waals surface area contributed by atoms with Gasteiger partial charge >= 0.3 is 12.0 Å². The molecule has 0 bridgehead atoms. The lowest BCUT2D eigenvalue weighted by Crippen LogP contribution is -2.56. The molecule has 1 heterocycles. The summed E-state index contributed by atoms with van der Waals surface area (Å²) >= 11 is 0. The number of carbonyl (C=O) groups excluding carboxylic acids is 3. The van der Waals surface area contributed by atoms with Gasteiger partial charge in [-0.25, -0.2) is 9.59 Å². The maximum Gasteiger partial charge on any atom is 0.326 e. The van der Waals surface area contributed by atoms with E-state index < -0.39 is 30.0 Å². The minimum absolute atomic E-state index is 0.170. The second kappa shape index (κ2) is 6.17. The van der Waals surface area contributed by atoms with Gasteiger partial charge in [0.15, 0.2) is 0 Å². The summed E-state index contributed by atoms with van der Waals surface area (Å²) in [7, 11) is 1.35. The van der Waals surface area contributed by atoms with Gasteiger partial charge in [-0.1, -0.05) is 6.92 Å². The molecule has 8 nitrogen and oxygen atoms in total. The van der Waals surface area contributed by atoms with Crippen molar-refractivity contribution in [3.05, 3.63) is 0 Å². The van der Waals surface area contributed by atoms with Gasteiger partial charge in [-0.05, 0) is 12.8 Å². The number of likely N-dealkylation sites (tertiary alicyclic amines) is 1. The highest BCUT2D eigenvalue weighted by Gasteiger charge is 2.33. The van der Waals surface area contributed by atoms with E-state index in [-0.39, 0.29) is 25.2 Å². The van der Waals surface area contributed by atoms with Gasteiger partial charge in [-0.2, -0.15) is 0 Å². The Morgan fingerprint density at radius 3 is 2.63 bits per heavy atom. The van der Waals surface area contributed by atoms with E-state index in [1.54, 1.807) is 6.92 Å². The predicted molar refractivity (Wildman–Crippen MR) is 64.2 cm³/mol. The second-order valence-electron chi connectivity index (χ2n) is 4.30. The second-order valence-corrected chi connectivity index (χ2v) is 4.30. The van der Waals surface area contributed by atoms with Crippen molar-refractivity contribution < 1.29 is 24.3 Å². The Hall–Kier alpha value is -2.12. The topological polar surface area (TPSA) is 116 Å². The van der Waals surface area contributed by atoms with Crippen LogP contribution in [0.1, 0.15) is 26.2 Å². The Bertz CT molecular complexity index is 409. The number of aliphatic carboxylic acids is 1. The van der Waals surface area contributed by atoms with E-state index in [1.165, 1.54) is 7.05 Å². The minimum atomic E-state index is -1.14. The monoisotopic (exact) mass is 271 g/mol. The Kier molecular flexibility index (Phi) is 4.85. The summed E-state index contributed by atoms with van der Waals surface area (Å²) in [5, 5.41) is 13.4. The van der Waals surface area contributed by atoms with Gasteiger partial charge in [0.25, 0.3) is 5.91 Å². The van der Waals surface area contributed by atoms with Gasteiger partial charge in [0.1, 0.15) is 12.1 Å². The minimum Gasteiger partial charge on any atom is -0.480 e. The molecule has 0 radical (unpaired) electrons. The molecule has 1 aliphatic heterocycles. The molecule has 0 aromatic rings. The molecule has 0 spiro atoms. The van der Waals surface area contributed by atoms with E-state index in [2.05, 4.69) is 10.6 Å². The molecule has 0 aliphatic carbocycles. The van der Waals surface area contributed by atoms with Crippen molar-refractivity contribution in [3.63, 3.8) is 0 Å². The Balaban J connectivity index is 2.55. The molecule has 1 fully saturated rings. The van der Waals surface area contributed by atoms with Crippen molar-refractivity contribution in [2.45, 2.75) is 38.3 Å².